The summed E-state index contributed by atoms with van der Waals surface area (Å²) in [6.45, 7) is 8.21. The van der Waals surface area contributed by atoms with Gasteiger partial charge in [0, 0.05) is 0 Å². The number of benzene rings is 2. The van der Waals surface area contributed by atoms with Crippen molar-refractivity contribution >= 4 is 0 Å². The van der Waals surface area contributed by atoms with Crippen molar-refractivity contribution in [3.8, 4) is 0 Å². The van der Waals surface area contributed by atoms with E-state index in [4.69, 9.17) is 7.73 Å². The quantitative estimate of drug-likeness (QED) is 0.187. The zero-order chi connectivity index (χ0) is 25.3. The summed E-state index contributed by atoms with van der Waals surface area (Å²) in [5.41, 5.74) is 1.27. The summed E-state index contributed by atoms with van der Waals surface area (Å²) in [6.07, 6.45) is 19.8. The molecule has 2 aromatic rings. The molecule has 2 rings (SSSR count). The van der Waals surface area contributed by atoms with E-state index in [-0.39, 0.29) is 0 Å². The standard InChI is InChI=1S/C16H33.C7H7.C6H4.2Co.2O/c1-3-5-7-9-11-13-15-16-14-12-10-8-6-4-2;1-7-5-3-2-4-6-7;1-2-4-6-5-3-1;;;;/h1,3-16H2,2H3;2-3,5-6H,1H3;1-2,5-6H;;;;/q2*-1;-2;;;;. The van der Waals surface area contributed by atoms with Crippen molar-refractivity contribution in [2.45, 2.75) is 104 Å². The minimum atomic E-state index is 1.12. The van der Waals surface area contributed by atoms with Gasteiger partial charge in [0.2, 0.25) is 0 Å². The van der Waals surface area contributed by atoms with Crippen LogP contribution in [-0.4, -0.2) is 0 Å². The van der Waals surface area contributed by atoms with Crippen LogP contribution in [0.25, 0.3) is 0 Å². The van der Waals surface area contributed by atoms with Crippen molar-refractivity contribution in [2.24, 2.45) is 0 Å². The van der Waals surface area contributed by atoms with E-state index < -0.39 is 0 Å². The Kier molecular flexibility index (Phi) is 42.5. The van der Waals surface area contributed by atoms with Crippen LogP contribution in [0.5, 0.6) is 0 Å². The Morgan fingerprint density at radius 1 is 0.636 bits per heavy atom. The number of unbranched alkanes of at least 4 members (excludes halogenated alkanes) is 13. The van der Waals surface area contributed by atoms with Crippen molar-refractivity contribution in [2.75, 3.05) is 0 Å². The summed E-state index contributed by atoms with van der Waals surface area (Å²) >= 11 is 4.62. The van der Waals surface area contributed by atoms with E-state index >= 15 is 0 Å². The average molecular weight is 543 g/mol. The molecule has 0 aliphatic carbocycles. The van der Waals surface area contributed by atoms with Crippen LogP contribution >= 0.6 is 0 Å². The molecule has 0 aromatic heterocycles. The van der Waals surface area contributed by atoms with Gasteiger partial charge < -0.3 is 19.1 Å². The van der Waals surface area contributed by atoms with Gasteiger partial charge >= 0.3 is 39.1 Å². The molecule has 0 fully saturated rings. The largest absolute Gasteiger partial charge is 0.319 e. The van der Waals surface area contributed by atoms with Gasteiger partial charge in [-0.1, -0.05) is 97.3 Å². The smallest absolute Gasteiger partial charge is 0.288 e. The van der Waals surface area contributed by atoms with Gasteiger partial charge in [0.15, 0.2) is 0 Å². The molecule has 0 saturated carbocycles. The molecule has 194 valence electrons. The summed E-state index contributed by atoms with van der Waals surface area (Å²) in [7, 11) is 0. The molecule has 0 amide bonds. The van der Waals surface area contributed by atoms with Crippen LogP contribution in [0.4, 0.5) is 0 Å². The van der Waals surface area contributed by atoms with Gasteiger partial charge in [-0.3, -0.25) is 24.3 Å². The molecule has 4 heteroatoms. The van der Waals surface area contributed by atoms with E-state index in [1.54, 1.807) is 0 Å². The van der Waals surface area contributed by atoms with Crippen LogP contribution in [0.2, 0.25) is 0 Å². The third-order valence-corrected chi connectivity index (χ3v) is 4.77. The van der Waals surface area contributed by atoms with Crippen LogP contribution in [0, 0.1) is 32.0 Å². The van der Waals surface area contributed by atoms with Gasteiger partial charge in [0.05, 0.1) is 0 Å². The molecule has 0 N–H and O–H groups in total. The Labute approximate surface area is 221 Å². The maximum absolute atomic E-state index is 7.94. The molecule has 0 heterocycles. The predicted molar refractivity (Wildman–Crippen MR) is 131 cm³/mol. The fourth-order valence-electron chi connectivity index (χ4n) is 2.98. The molecule has 0 bridgehead atoms. The molecular formula is C29H44Co2O2-4. The second-order valence-electron chi connectivity index (χ2n) is 7.68. The Balaban J connectivity index is -0.000000431. The molecule has 0 spiro atoms. The number of hydrogen-bond acceptors (Lipinski definition) is 2. The monoisotopic (exact) mass is 542 g/mol. The minimum absolute atomic E-state index is 1.12. The van der Waals surface area contributed by atoms with Gasteiger partial charge in [-0.15, -0.1) is 0 Å². The minimum Gasteiger partial charge on any atom is -0.319 e. The molecule has 33 heavy (non-hydrogen) atoms. The molecule has 0 aliphatic heterocycles. The van der Waals surface area contributed by atoms with Gasteiger partial charge in [-0.2, -0.15) is 42.3 Å². The van der Waals surface area contributed by atoms with Crippen LogP contribution in [0.15, 0.2) is 48.5 Å². The van der Waals surface area contributed by atoms with Crippen LogP contribution in [0.3, 0.4) is 0 Å². The third kappa shape index (κ3) is 38.6. The van der Waals surface area contributed by atoms with Crippen molar-refractivity contribution in [1.82, 2.24) is 0 Å². The second kappa shape index (κ2) is 38.3. The van der Waals surface area contributed by atoms with Gasteiger partial charge in [0.1, 0.15) is 0 Å². The van der Waals surface area contributed by atoms with E-state index in [0.717, 1.165) is 6.42 Å². The molecular weight excluding hydrogens is 498 g/mol. The molecule has 0 aliphatic rings. The average Bonchev–Trinajstić information content (AvgIpc) is 2.89. The van der Waals surface area contributed by atoms with Crippen molar-refractivity contribution in [3.05, 3.63) is 79.2 Å². The van der Waals surface area contributed by atoms with Crippen LogP contribution in [0.1, 0.15) is 102 Å². The fraction of sp³-hybridized carbons (Fsp3) is 0.552. The summed E-state index contributed by atoms with van der Waals surface area (Å²) in [5, 5.41) is 0. The molecule has 0 unspecified atom stereocenters. The molecule has 0 atom stereocenters. The van der Waals surface area contributed by atoms with E-state index in [1.807, 2.05) is 42.5 Å². The van der Waals surface area contributed by atoms with Gasteiger partial charge in [0.25, 0.3) is 0 Å². The topological polar surface area (TPSA) is 34.1 Å². The van der Waals surface area contributed by atoms with Crippen molar-refractivity contribution in [1.29, 1.82) is 0 Å². The fourth-order valence-corrected chi connectivity index (χ4v) is 2.98. The normalized spacial score (nSPS) is 8.88. The molecule has 2 aromatic carbocycles. The number of rotatable bonds is 13. The Bertz CT molecular complexity index is 495. The number of aryl methyl sites for hydroxylation is 1. The van der Waals surface area contributed by atoms with E-state index in [9.17, 15) is 0 Å². The first kappa shape index (κ1) is 36.6. The first-order chi connectivity index (χ1) is 16.3. The Hall–Kier alpha value is -0.947. The maximum atomic E-state index is 7.94. The summed E-state index contributed by atoms with van der Waals surface area (Å²) in [6, 6.07) is 23.8. The number of hydrogen-bond donors (Lipinski definition) is 0. The van der Waals surface area contributed by atoms with E-state index in [0.29, 0.717) is 0 Å². The molecule has 0 saturated heterocycles. The summed E-state index contributed by atoms with van der Waals surface area (Å²) in [4.78, 5) is 0. The SMILES string of the molecule is Cc1c[c-]ccc1.[CH2-]CCCCCCCCCCCCCCC.[O]=[Co].[O]=[Co].[c-]1cc[c-]cc1. The molecule has 0 radical (unpaired) electrons. The van der Waals surface area contributed by atoms with E-state index in [1.165, 1.54) is 89.0 Å². The summed E-state index contributed by atoms with van der Waals surface area (Å²) in [5.74, 6) is 0. The zero-order valence-electron chi connectivity index (χ0n) is 20.7. The maximum Gasteiger partial charge on any atom is -0.288 e. The van der Waals surface area contributed by atoms with Crippen molar-refractivity contribution in [3.63, 3.8) is 0 Å². The Morgan fingerprint density at radius 2 is 1.03 bits per heavy atom. The zero-order valence-corrected chi connectivity index (χ0v) is 22.8. The van der Waals surface area contributed by atoms with Crippen LogP contribution < -0.4 is 0 Å². The third-order valence-electron chi connectivity index (χ3n) is 4.77. The predicted octanol–water partition coefficient (Wildman–Crippen LogP) is 9.14. The summed E-state index contributed by atoms with van der Waals surface area (Å²) < 4.78 is 15.9. The Morgan fingerprint density at radius 3 is 1.27 bits per heavy atom. The van der Waals surface area contributed by atoms with Crippen molar-refractivity contribution < 1.29 is 39.1 Å². The van der Waals surface area contributed by atoms with E-state index in [2.05, 4.69) is 76.4 Å². The second-order valence-corrected chi connectivity index (χ2v) is 7.68. The van der Waals surface area contributed by atoms with Gasteiger partial charge in [-0.25, -0.2) is 0 Å². The van der Waals surface area contributed by atoms with Gasteiger partial charge in [-0.05, 0) is 0 Å². The first-order valence-electron chi connectivity index (χ1n) is 12.1. The molecule has 2 nitrogen and oxygen atoms in total. The first-order valence-corrected chi connectivity index (χ1v) is 13.0. The van der Waals surface area contributed by atoms with Crippen LogP contribution in [-0.2, 0) is 39.1 Å².